The number of nitrogens with zero attached hydrogens (tertiary/aromatic N) is 6. The van der Waals surface area contributed by atoms with Gasteiger partial charge in [-0.05, 0) is 111 Å². The van der Waals surface area contributed by atoms with Gasteiger partial charge in [0.15, 0.2) is 0 Å². The van der Waals surface area contributed by atoms with Crippen molar-refractivity contribution in [2.45, 2.75) is 76.2 Å². The highest BCUT2D eigenvalue weighted by molar-refractivity contribution is 6.23. The molecule has 5 aliphatic rings. The number of anilines is 2. The maximum Gasteiger partial charge on any atom is 0.416 e. The number of fused-ring (bicyclic) bond motifs is 2. The van der Waals surface area contributed by atoms with Crippen molar-refractivity contribution in [2.24, 2.45) is 11.8 Å². The molecule has 1 unspecified atom stereocenters. The number of carbonyl (C=O) groups excluding carboxylic acids is 5. The van der Waals surface area contributed by atoms with Crippen LogP contribution in [-0.2, 0) is 22.3 Å². The second kappa shape index (κ2) is 17.5. The van der Waals surface area contributed by atoms with E-state index in [0.717, 1.165) is 125 Å². The van der Waals surface area contributed by atoms with Crippen LogP contribution in [0.2, 0.25) is 0 Å². The van der Waals surface area contributed by atoms with Gasteiger partial charge < -0.3 is 19.5 Å². The van der Waals surface area contributed by atoms with Gasteiger partial charge >= 0.3 is 6.18 Å². The van der Waals surface area contributed by atoms with Crippen LogP contribution < -0.4 is 15.5 Å². The van der Waals surface area contributed by atoms with Crippen molar-refractivity contribution in [3.8, 4) is 0 Å². The van der Waals surface area contributed by atoms with Crippen molar-refractivity contribution in [3.05, 3.63) is 88.5 Å². The maximum atomic E-state index is 13.4. The van der Waals surface area contributed by atoms with E-state index < -0.39 is 47.3 Å². The summed E-state index contributed by atoms with van der Waals surface area (Å²) in [6.45, 7) is 7.15. The molecule has 4 fully saturated rings. The van der Waals surface area contributed by atoms with Crippen molar-refractivity contribution in [3.63, 3.8) is 0 Å². The molecule has 5 amide bonds. The molecule has 17 heteroatoms. The third-order valence-electron chi connectivity index (χ3n) is 13.7. The molecule has 14 nitrogen and oxygen atoms in total. The highest BCUT2D eigenvalue weighted by Crippen LogP contribution is 2.38. The third-order valence-corrected chi connectivity index (χ3v) is 13.7. The van der Waals surface area contributed by atoms with E-state index in [-0.39, 0.29) is 42.5 Å². The molecule has 4 aliphatic heterocycles. The predicted octanol–water partition coefficient (Wildman–Crippen LogP) is 5.47. The average molecular weight is 869 g/mol. The summed E-state index contributed by atoms with van der Waals surface area (Å²) in [7, 11) is 0. The van der Waals surface area contributed by atoms with E-state index in [2.05, 4.69) is 31.4 Å². The van der Waals surface area contributed by atoms with Crippen LogP contribution in [0.1, 0.15) is 99.6 Å². The molecule has 0 bridgehead atoms. The monoisotopic (exact) mass is 868 g/mol. The van der Waals surface area contributed by atoms with Crippen LogP contribution in [0, 0.1) is 11.8 Å². The Morgan fingerprint density at radius 3 is 2.24 bits per heavy atom. The number of halogens is 3. The number of imidazole rings is 1. The highest BCUT2D eigenvalue weighted by Gasteiger charge is 2.45. The summed E-state index contributed by atoms with van der Waals surface area (Å²) in [6.07, 6.45) is 0.807. The van der Waals surface area contributed by atoms with Gasteiger partial charge in [0, 0.05) is 82.7 Å². The summed E-state index contributed by atoms with van der Waals surface area (Å²) in [5.74, 6) is -1.66. The molecular weight excluding hydrogens is 818 g/mol. The Kier molecular flexibility index (Phi) is 11.8. The van der Waals surface area contributed by atoms with Crippen LogP contribution in [0.25, 0.3) is 11.0 Å². The predicted molar refractivity (Wildman–Crippen MR) is 227 cm³/mol. The number of alkyl halides is 3. The lowest BCUT2D eigenvalue weighted by molar-refractivity contribution is -0.138. The number of aliphatic hydroxyl groups is 1. The molecule has 1 atom stereocenters. The average Bonchev–Trinajstić information content (AvgIpc) is 3.76. The second-order valence-electron chi connectivity index (χ2n) is 17.7. The first-order chi connectivity index (χ1) is 30.3. The number of amides is 5. The van der Waals surface area contributed by atoms with Crippen LogP contribution in [-0.4, -0.2) is 117 Å². The number of piperidine rings is 2. The Morgan fingerprint density at radius 1 is 0.794 bits per heavy atom. The Hall–Kier alpha value is -5.65. The van der Waals surface area contributed by atoms with Crippen molar-refractivity contribution in [1.29, 1.82) is 0 Å². The number of aliphatic hydroxyl groups excluding tert-OH is 1. The number of aromatic nitrogens is 2. The Balaban J connectivity index is 0.793. The number of hydrogen-bond donors (Lipinski definition) is 3. The van der Waals surface area contributed by atoms with Crippen LogP contribution in [0.5, 0.6) is 0 Å². The molecule has 5 heterocycles. The molecule has 3 aromatic carbocycles. The Bertz CT molecular complexity index is 2430. The first kappa shape index (κ1) is 42.6. The topological polar surface area (TPSA) is 160 Å². The van der Waals surface area contributed by atoms with E-state index in [1.807, 2.05) is 22.8 Å². The van der Waals surface area contributed by atoms with Gasteiger partial charge in [0.1, 0.15) is 6.04 Å². The van der Waals surface area contributed by atoms with Gasteiger partial charge in [0.2, 0.25) is 17.8 Å². The van der Waals surface area contributed by atoms with Crippen molar-refractivity contribution < 1.29 is 42.3 Å². The fourth-order valence-electron chi connectivity index (χ4n) is 10.1. The number of benzene rings is 3. The van der Waals surface area contributed by atoms with Crippen molar-refractivity contribution >= 4 is 52.2 Å². The SMILES string of the molecule is O=C1CCC(N2C(=O)c3ccc(N4CCC(CN5CCN(Cc6ccc7c(c6)nc(NC(=O)c6cccc(C(F)(F)F)c6)n7[C@H]6CC[C@@H](CO)CC6)CC5)CC4)cc3C2=O)C(=O)N1. The van der Waals surface area contributed by atoms with Gasteiger partial charge in [0.05, 0.1) is 27.7 Å². The number of nitrogens with one attached hydrogen (secondary N) is 2. The summed E-state index contributed by atoms with van der Waals surface area (Å²) in [6, 6.07) is 14.8. The van der Waals surface area contributed by atoms with E-state index in [4.69, 9.17) is 4.98 Å². The first-order valence-corrected chi connectivity index (χ1v) is 22.0. The molecule has 63 heavy (non-hydrogen) atoms. The Morgan fingerprint density at radius 2 is 1.52 bits per heavy atom. The minimum atomic E-state index is -4.58. The van der Waals surface area contributed by atoms with Gasteiger partial charge in [-0.1, -0.05) is 12.1 Å². The second-order valence-corrected chi connectivity index (χ2v) is 17.7. The molecule has 0 spiro atoms. The summed E-state index contributed by atoms with van der Waals surface area (Å²) in [5, 5.41) is 14.8. The van der Waals surface area contributed by atoms with Crippen LogP contribution in [0.3, 0.4) is 0 Å². The summed E-state index contributed by atoms with van der Waals surface area (Å²) >= 11 is 0. The quantitative estimate of drug-likeness (QED) is 0.175. The van der Waals surface area contributed by atoms with E-state index in [0.29, 0.717) is 22.9 Å². The maximum absolute atomic E-state index is 13.4. The molecule has 0 radical (unpaired) electrons. The number of hydrogen-bond acceptors (Lipinski definition) is 10. The smallest absolute Gasteiger partial charge is 0.396 e. The van der Waals surface area contributed by atoms with Crippen molar-refractivity contribution in [2.75, 3.05) is 62.6 Å². The molecule has 1 saturated carbocycles. The van der Waals surface area contributed by atoms with Gasteiger partial charge in [-0.15, -0.1) is 0 Å². The summed E-state index contributed by atoms with van der Waals surface area (Å²) < 4.78 is 42.4. The van der Waals surface area contributed by atoms with E-state index in [1.54, 1.807) is 12.1 Å². The first-order valence-electron chi connectivity index (χ1n) is 22.0. The standard InChI is InChI=1S/C46H51F3N8O6/c47-46(48,49)32-3-1-2-31(23-32)41(60)52-45-50-37-22-30(6-11-38(37)56(45)33-7-4-29(27-58)5-8-33)26-54-20-18-53(19-21-54)25-28-14-16-55(17-15-28)34-9-10-35-36(24-34)44(63)57(43(35)62)39-12-13-40(59)51-42(39)61/h1-3,6,9-11,22-24,28-29,33,39,58H,4-5,7-8,12-21,25-27H2,(H,50,52,60)(H,51,59,61)/t29-,33+,39?. The summed E-state index contributed by atoms with van der Waals surface area (Å²) in [4.78, 5) is 77.0. The lowest BCUT2D eigenvalue weighted by atomic mass is 9.86. The fourth-order valence-corrected chi connectivity index (χ4v) is 10.1. The van der Waals surface area contributed by atoms with Crippen LogP contribution >= 0.6 is 0 Å². The van der Waals surface area contributed by atoms with Crippen molar-refractivity contribution in [1.82, 2.24) is 29.6 Å². The summed E-state index contributed by atoms with van der Waals surface area (Å²) in [5.41, 5.74) is 3.07. The fraction of sp³-hybridized carbons (Fsp3) is 0.478. The molecule has 9 rings (SSSR count). The highest BCUT2D eigenvalue weighted by atomic mass is 19.4. The van der Waals surface area contributed by atoms with E-state index in [9.17, 15) is 42.3 Å². The van der Waals surface area contributed by atoms with Gasteiger partial charge in [-0.3, -0.25) is 44.4 Å². The minimum absolute atomic E-state index is 0.0114. The molecule has 3 N–H and O–H groups in total. The van der Waals surface area contributed by atoms with Gasteiger partial charge in [0.25, 0.3) is 17.7 Å². The van der Waals surface area contributed by atoms with Crippen LogP contribution in [0.15, 0.2) is 60.7 Å². The number of piperazine rings is 1. The third kappa shape index (κ3) is 8.82. The van der Waals surface area contributed by atoms with E-state index >= 15 is 0 Å². The Labute approximate surface area is 362 Å². The van der Waals surface area contributed by atoms with Gasteiger partial charge in [-0.2, -0.15) is 13.2 Å². The molecule has 332 valence electrons. The molecule has 1 aliphatic carbocycles. The molecule has 4 aromatic rings. The zero-order valence-corrected chi connectivity index (χ0v) is 34.9. The number of rotatable bonds is 10. The number of carbonyl (C=O) groups is 5. The largest absolute Gasteiger partial charge is 0.416 e. The zero-order valence-electron chi connectivity index (χ0n) is 34.9. The molecule has 3 saturated heterocycles. The molecular formula is C46H51F3N8O6. The van der Waals surface area contributed by atoms with E-state index in [1.165, 1.54) is 12.1 Å². The lowest BCUT2D eigenvalue weighted by Crippen LogP contribution is -2.54. The zero-order chi connectivity index (χ0) is 44.0. The van der Waals surface area contributed by atoms with Gasteiger partial charge in [-0.25, -0.2) is 4.98 Å². The minimum Gasteiger partial charge on any atom is -0.396 e. The van der Waals surface area contributed by atoms with Crippen LogP contribution in [0.4, 0.5) is 24.8 Å². The molecule has 1 aromatic heterocycles. The number of imide groups is 2. The normalized spacial score (nSPS) is 23.1. The lowest BCUT2D eigenvalue weighted by Gasteiger charge is -2.39.